The second kappa shape index (κ2) is 10.7. The van der Waals surface area contributed by atoms with E-state index < -0.39 is 0 Å². The summed E-state index contributed by atoms with van der Waals surface area (Å²) in [6, 6.07) is 20.1. The molecule has 35 heavy (non-hydrogen) atoms. The number of fused-ring (bicyclic) bond motifs is 1. The molecule has 1 atom stereocenters. The second-order valence-corrected chi connectivity index (χ2v) is 9.12. The molecule has 2 aromatic carbocycles. The Labute approximate surface area is 206 Å². The highest BCUT2D eigenvalue weighted by atomic mass is 16.5. The Hall–Kier alpha value is -3.77. The zero-order valence-corrected chi connectivity index (χ0v) is 20.0. The number of anilines is 1. The van der Waals surface area contributed by atoms with Crippen LogP contribution in [-0.2, 0) is 17.7 Å². The lowest BCUT2D eigenvalue weighted by Crippen LogP contribution is -2.36. The number of carbonyl (C=O) groups excluding carboxylic acids is 1. The highest BCUT2D eigenvalue weighted by molar-refractivity contribution is 5.95. The summed E-state index contributed by atoms with van der Waals surface area (Å²) in [5, 5.41) is 5.78. The Bertz CT molecular complexity index is 1300. The van der Waals surface area contributed by atoms with Gasteiger partial charge in [-0.15, -0.1) is 0 Å². The first-order chi connectivity index (χ1) is 17.2. The Morgan fingerprint density at radius 3 is 2.89 bits per heavy atom. The number of aryl methyl sites for hydroxylation is 1. The Balaban J connectivity index is 1.30. The van der Waals surface area contributed by atoms with Crippen molar-refractivity contribution in [3.63, 3.8) is 0 Å². The van der Waals surface area contributed by atoms with Gasteiger partial charge in [-0.3, -0.25) is 14.8 Å². The molecule has 1 unspecified atom stereocenters. The van der Waals surface area contributed by atoms with Gasteiger partial charge in [0.15, 0.2) is 0 Å². The van der Waals surface area contributed by atoms with E-state index in [1.165, 1.54) is 10.9 Å². The minimum absolute atomic E-state index is 0.0393. The Kier molecular flexibility index (Phi) is 7.00. The molecular weight excluding hydrogens is 436 g/mol. The van der Waals surface area contributed by atoms with E-state index in [0.717, 1.165) is 28.8 Å². The van der Waals surface area contributed by atoms with Crippen molar-refractivity contribution in [2.75, 3.05) is 31.6 Å². The Morgan fingerprint density at radius 2 is 2.00 bits per heavy atom. The molecule has 1 saturated heterocycles. The number of ether oxygens (including phenoxy) is 1. The van der Waals surface area contributed by atoms with Gasteiger partial charge in [0.2, 0.25) is 0 Å². The van der Waals surface area contributed by atoms with Crippen LogP contribution in [-0.4, -0.2) is 47.1 Å². The standard InChI is InChI=1S/C29H30N4O2/c1-21-9-10-23(15-28(21)32-18-26-7-4-5-11-31-26)29(34)33-12-13-35-20-22(19-33)14-25-17-30-16-24-6-2-3-8-27(24)25/h2-11,15-17,22,32H,12-14,18-20H2,1H3. The highest BCUT2D eigenvalue weighted by Gasteiger charge is 2.24. The van der Waals surface area contributed by atoms with Crippen LogP contribution in [0.1, 0.15) is 27.2 Å². The summed E-state index contributed by atoms with van der Waals surface area (Å²) in [5.41, 5.74) is 4.89. The zero-order chi connectivity index (χ0) is 24.0. The summed E-state index contributed by atoms with van der Waals surface area (Å²) in [6.45, 7) is 5.09. The zero-order valence-electron chi connectivity index (χ0n) is 20.0. The van der Waals surface area contributed by atoms with Crippen LogP contribution in [0.2, 0.25) is 0 Å². The van der Waals surface area contributed by atoms with Crippen molar-refractivity contribution in [3.8, 4) is 0 Å². The van der Waals surface area contributed by atoms with Gasteiger partial charge >= 0.3 is 0 Å². The summed E-state index contributed by atoms with van der Waals surface area (Å²) in [7, 11) is 0. The predicted molar refractivity (Wildman–Crippen MR) is 138 cm³/mol. The lowest BCUT2D eigenvalue weighted by Gasteiger charge is -2.24. The van der Waals surface area contributed by atoms with Gasteiger partial charge in [-0.25, -0.2) is 0 Å². The van der Waals surface area contributed by atoms with Gasteiger partial charge in [0.05, 0.1) is 25.5 Å². The third-order valence-electron chi connectivity index (χ3n) is 6.55. The van der Waals surface area contributed by atoms with E-state index in [-0.39, 0.29) is 11.8 Å². The van der Waals surface area contributed by atoms with Crippen LogP contribution in [0.5, 0.6) is 0 Å². The number of nitrogens with zero attached hydrogens (tertiary/aromatic N) is 3. The van der Waals surface area contributed by atoms with Crippen LogP contribution < -0.4 is 5.32 Å². The first-order valence-electron chi connectivity index (χ1n) is 12.1. The summed E-state index contributed by atoms with van der Waals surface area (Å²) < 4.78 is 5.90. The van der Waals surface area contributed by atoms with Gasteiger partial charge in [-0.2, -0.15) is 0 Å². The SMILES string of the molecule is Cc1ccc(C(=O)N2CCOCC(Cc3cncc4ccccc34)C2)cc1NCc1ccccn1. The number of nitrogens with one attached hydrogen (secondary N) is 1. The van der Waals surface area contributed by atoms with Crippen LogP contribution in [0.4, 0.5) is 5.69 Å². The summed E-state index contributed by atoms with van der Waals surface area (Å²) in [5.74, 6) is 0.249. The number of rotatable bonds is 6. The van der Waals surface area contributed by atoms with Crippen molar-refractivity contribution in [1.29, 1.82) is 0 Å². The lowest BCUT2D eigenvalue weighted by atomic mass is 9.96. The van der Waals surface area contributed by atoms with E-state index in [4.69, 9.17) is 4.74 Å². The molecule has 1 fully saturated rings. The Morgan fingerprint density at radius 1 is 1.11 bits per heavy atom. The van der Waals surface area contributed by atoms with Gasteiger partial charge in [-0.05, 0) is 54.1 Å². The molecule has 178 valence electrons. The molecule has 0 aliphatic carbocycles. The van der Waals surface area contributed by atoms with Crippen LogP contribution in [0.15, 0.2) is 79.3 Å². The maximum absolute atomic E-state index is 13.5. The fourth-order valence-electron chi connectivity index (χ4n) is 4.66. The van der Waals surface area contributed by atoms with E-state index in [2.05, 4.69) is 33.5 Å². The van der Waals surface area contributed by atoms with Crippen molar-refractivity contribution >= 4 is 22.4 Å². The first-order valence-corrected chi connectivity index (χ1v) is 12.1. The van der Waals surface area contributed by atoms with Crippen molar-refractivity contribution in [3.05, 3.63) is 102 Å². The molecule has 6 heteroatoms. The van der Waals surface area contributed by atoms with Gasteiger partial charge < -0.3 is 15.0 Å². The number of benzene rings is 2. The molecule has 1 amide bonds. The second-order valence-electron chi connectivity index (χ2n) is 9.12. The minimum atomic E-state index is 0.0393. The number of hydrogen-bond donors (Lipinski definition) is 1. The highest BCUT2D eigenvalue weighted by Crippen LogP contribution is 2.23. The molecular formula is C29H30N4O2. The number of carbonyl (C=O) groups is 1. The van der Waals surface area contributed by atoms with Gasteiger partial charge in [0.1, 0.15) is 0 Å². The van der Waals surface area contributed by atoms with Gasteiger partial charge in [0.25, 0.3) is 5.91 Å². The molecule has 3 heterocycles. The van der Waals surface area contributed by atoms with E-state index >= 15 is 0 Å². The number of pyridine rings is 2. The van der Waals surface area contributed by atoms with E-state index in [1.807, 2.05) is 66.7 Å². The van der Waals surface area contributed by atoms with E-state index in [1.54, 1.807) is 6.20 Å². The monoisotopic (exact) mass is 466 g/mol. The fraction of sp³-hybridized carbons (Fsp3) is 0.276. The molecule has 0 spiro atoms. The topological polar surface area (TPSA) is 67.4 Å². The molecule has 1 N–H and O–H groups in total. The molecule has 1 aliphatic rings. The van der Waals surface area contributed by atoms with Crippen LogP contribution in [0.25, 0.3) is 10.8 Å². The fourth-order valence-corrected chi connectivity index (χ4v) is 4.66. The van der Waals surface area contributed by atoms with Crippen LogP contribution in [0, 0.1) is 12.8 Å². The molecule has 0 bridgehead atoms. The van der Waals surface area contributed by atoms with Crippen molar-refractivity contribution in [1.82, 2.24) is 14.9 Å². The number of aromatic nitrogens is 2. The average molecular weight is 467 g/mol. The van der Waals surface area contributed by atoms with Gasteiger partial charge in [-0.1, -0.05) is 36.4 Å². The molecule has 1 aliphatic heterocycles. The minimum Gasteiger partial charge on any atom is -0.379 e. The molecule has 6 nitrogen and oxygen atoms in total. The normalized spacial score (nSPS) is 16.1. The van der Waals surface area contributed by atoms with Crippen LogP contribution >= 0.6 is 0 Å². The molecule has 2 aromatic heterocycles. The van der Waals surface area contributed by atoms with E-state index in [0.29, 0.717) is 38.4 Å². The number of amides is 1. The van der Waals surface area contributed by atoms with Crippen molar-refractivity contribution in [2.24, 2.45) is 5.92 Å². The number of hydrogen-bond acceptors (Lipinski definition) is 5. The summed E-state index contributed by atoms with van der Waals surface area (Å²) >= 11 is 0. The molecule has 5 rings (SSSR count). The van der Waals surface area contributed by atoms with Crippen molar-refractivity contribution < 1.29 is 9.53 Å². The molecule has 0 radical (unpaired) electrons. The first kappa shape index (κ1) is 23.0. The summed E-state index contributed by atoms with van der Waals surface area (Å²) in [6.07, 6.45) is 6.45. The third-order valence-corrected chi connectivity index (χ3v) is 6.55. The lowest BCUT2D eigenvalue weighted by molar-refractivity contribution is 0.0737. The maximum atomic E-state index is 13.5. The maximum Gasteiger partial charge on any atom is 0.254 e. The largest absolute Gasteiger partial charge is 0.379 e. The predicted octanol–water partition coefficient (Wildman–Crippen LogP) is 4.88. The smallest absolute Gasteiger partial charge is 0.254 e. The van der Waals surface area contributed by atoms with Crippen molar-refractivity contribution in [2.45, 2.75) is 19.9 Å². The van der Waals surface area contributed by atoms with Gasteiger partial charge in [0, 0.05) is 54.2 Å². The quantitative estimate of drug-likeness (QED) is 0.439. The molecule has 4 aromatic rings. The third kappa shape index (κ3) is 5.49. The van der Waals surface area contributed by atoms with E-state index in [9.17, 15) is 4.79 Å². The summed E-state index contributed by atoms with van der Waals surface area (Å²) in [4.78, 5) is 24.3. The molecule has 0 saturated carbocycles. The van der Waals surface area contributed by atoms with Crippen LogP contribution in [0.3, 0.4) is 0 Å². The average Bonchev–Trinajstić information content (AvgIpc) is 3.14.